The largest absolute Gasteiger partial charge is 0.462 e. The number of esters is 2. The summed E-state index contributed by atoms with van der Waals surface area (Å²) >= 11 is 0. The maximum atomic E-state index is 13.3. The third-order valence-corrected chi connectivity index (χ3v) is 21.0. The van der Waals surface area contributed by atoms with Crippen molar-refractivity contribution >= 4 is 11.9 Å². The first kappa shape index (κ1) is 45.0. The van der Waals surface area contributed by atoms with Gasteiger partial charge < -0.3 is 9.47 Å². The van der Waals surface area contributed by atoms with Crippen LogP contribution in [0, 0.1) is 86.8 Å². The molecule has 0 heterocycles. The molecule has 8 aliphatic carbocycles. The highest BCUT2D eigenvalue weighted by atomic mass is 16.6. The van der Waals surface area contributed by atoms with E-state index >= 15 is 0 Å². The van der Waals surface area contributed by atoms with Gasteiger partial charge in [-0.1, -0.05) is 131 Å². The quantitative estimate of drug-likeness (QED) is 0.0994. The molecule has 6 fully saturated rings. The molecule has 8 aliphatic rings. The predicted molar refractivity (Wildman–Crippen MR) is 246 cm³/mol. The van der Waals surface area contributed by atoms with Gasteiger partial charge in [-0.3, -0.25) is 9.59 Å². The highest BCUT2D eigenvalue weighted by Crippen LogP contribution is 2.69. The Morgan fingerprint density at radius 2 is 1.15 bits per heavy atom. The van der Waals surface area contributed by atoms with E-state index in [2.05, 4.69) is 74.5 Å². The lowest BCUT2D eigenvalue weighted by Crippen LogP contribution is -2.51. The standard InChI is InChI=1S/C56H90O4/c1-36(2)13-10-15-38(5)46-22-23-47-44-20-18-40-33-42(24-29-53(40,7)48(44)26-31-55(46,47)9)59-51(57)35-52(58)60-43-25-30-54(8)41(34-43)19-21-45-49(54)27-32-56(28-12-17-50(45)56)39(6)16-11-14-37(3)4/h18-19,36-39,42-50H,10-17,20-35H2,1-9H3. The fourth-order valence-corrected chi connectivity index (χ4v) is 17.7. The van der Waals surface area contributed by atoms with Crippen LogP contribution in [-0.2, 0) is 19.1 Å². The summed E-state index contributed by atoms with van der Waals surface area (Å²) < 4.78 is 12.2. The van der Waals surface area contributed by atoms with Crippen LogP contribution in [0.5, 0.6) is 0 Å². The Kier molecular flexibility index (Phi) is 13.3. The zero-order valence-electron chi connectivity index (χ0n) is 40.3. The van der Waals surface area contributed by atoms with Gasteiger partial charge in [0, 0.05) is 12.8 Å². The first-order chi connectivity index (χ1) is 28.6. The van der Waals surface area contributed by atoms with Gasteiger partial charge in [-0.2, -0.15) is 0 Å². The number of hydrogen-bond donors (Lipinski definition) is 0. The molecule has 338 valence electrons. The molecule has 0 bridgehead atoms. The molecule has 0 spiro atoms. The molecule has 0 aliphatic heterocycles. The van der Waals surface area contributed by atoms with Gasteiger partial charge in [0.2, 0.25) is 0 Å². The predicted octanol–water partition coefficient (Wildman–Crippen LogP) is 15.0. The van der Waals surface area contributed by atoms with Gasteiger partial charge in [-0.15, -0.1) is 0 Å². The molecule has 0 aromatic rings. The van der Waals surface area contributed by atoms with Crippen molar-refractivity contribution < 1.29 is 19.1 Å². The molecule has 15 unspecified atom stereocenters. The summed E-state index contributed by atoms with van der Waals surface area (Å²) in [4.78, 5) is 26.6. The van der Waals surface area contributed by atoms with Gasteiger partial charge >= 0.3 is 11.9 Å². The molecule has 4 nitrogen and oxygen atoms in total. The van der Waals surface area contributed by atoms with Crippen LogP contribution in [0.1, 0.15) is 216 Å². The number of ether oxygens (including phenoxy) is 2. The van der Waals surface area contributed by atoms with Crippen LogP contribution in [0.3, 0.4) is 0 Å². The van der Waals surface area contributed by atoms with Crippen LogP contribution in [0.4, 0.5) is 0 Å². The van der Waals surface area contributed by atoms with E-state index in [1.807, 2.05) is 0 Å². The normalized spacial score (nSPS) is 43.0. The summed E-state index contributed by atoms with van der Waals surface area (Å²) in [7, 11) is 0. The summed E-state index contributed by atoms with van der Waals surface area (Å²) in [6, 6.07) is 0. The molecule has 60 heavy (non-hydrogen) atoms. The van der Waals surface area contributed by atoms with E-state index in [0.29, 0.717) is 10.8 Å². The van der Waals surface area contributed by atoms with E-state index in [1.54, 1.807) is 5.57 Å². The Morgan fingerprint density at radius 3 is 1.73 bits per heavy atom. The number of allylic oxidation sites excluding steroid dienone is 2. The van der Waals surface area contributed by atoms with Crippen molar-refractivity contribution in [3.05, 3.63) is 23.3 Å². The smallest absolute Gasteiger partial charge is 0.317 e. The van der Waals surface area contributed by atoms with Crippen molar-refractivity contribution in [3.63, 3.8) is 0 Å². The third-order valence-electron chi connectivity index (χ3n) is 21.0. The summed E-state index contributed by atoms with van der Waals surface area (Å²) in [6.45, 7) is 22.5. The van der Waals surface area contributed by atoms with Gasteiger partial charge in [-0.05, 0) is 177 Å². The average molecular weight is 827 g/mol. The third kappa shape index (κ3) is 8.31. The molecular weight excluding hydrogens is 737 g/mol. The second-order valence-electron chi connectivity index (χ2n) is 24.8. The van der Waals surface area contributed by atoms with E-state index in [9.17, 15) is 9.59 Å². The van der Waals surface area contributed by atoms with Gasteiger partial charge in [0.05, 0.1) is 0 Å². The molecule has 6 saturated carbocycles. The van der Waals surface area contributed by atoms with Crippen LogP contribution < -0.4 is 0 Å². The second-order valence-corrected chi connectivity index (χ2v) is 24.8. The van der Waals surface area contributed by atoms with Crippen molar-refractivity contribution in [1.82, 2.24) is 0 Å². The number of carbonyl (C=O) groups excluding carboxylic acids is 2. The number of rotatable bonds is 14. The summed E-state index contributed by atoms with van der Waals surface area (Å²) in [5.74, 6) is 8.27. The van der Waals surface area contributed by atoms with Gasteiger partial charge in [0.25, 0.3) is 0 Å². The van der Waals surface area contributed by atoms with Crippen molar-refractivity contribution in [2.24, 2.45) is 86.8 Å². The molecule has 0 aromatic carbocycles. The lowest BCUT2D eigenvalue weighted by Gasteiger charge is -2.59. The maximum absolute atomic E-state index is 13.3. The van der Waals surface area contributed by atoms with Crippen LogP contribution in [0.25, 0.3) is 0 Å². The summed E-state index contributed by atoms with van der Waals surface area (Å²) in [6.07, 6.45) is 33.8. The topological polar surface area (TPSA) is 52.6 Å². The highest BCUT2D eigenvalue weighted by Gasteiger charge is 2.61. The Labute approximate surface area is 368 Å². The van der Waals surface area contributed by atoms with Gasteiger partial charge in [0.1, 0.15) is 18.6 Å². The van der Waals surface area contributed by atoms with Crippen LogP contribution in [0.15, 0.2) is 23.3 Å². The lowest BCUT2D eigenvalue weighted by atomic mass is 9.46. The number of carbonyl (C=O) groups is 2. The minimum atomic E-state index is -0.392. The fraction of sp³-hybridized carbons (Fsp3) is 0.893. The minimum absolute atomic E-state index is 0.118. The van der Waals surface area contributed by atoms with Gasteiger partial charge in [-0.25, -0.2) is 0 Å². The molecule has 0 saturated heterocycles. The van der Waals surface area contributed by atoms with E-state index in [-0.39, 0.29) is 29.5 Å². The molecule has 4 heteroatoms. The molecular formula is C56H90O4. The van der Waals surface area contributed by atoms with Crippen LogP contribution in [0.2, 0.25) is 0 Å². The Bertz CT molecular complexity index is 1600. The molecule has 0 radical (unpaired) electrons. The molecule has 0 amide bonds. The van der Waals surface area contributed by atoms with Gasteiger partial charge in [0.15, 0.2) is 0 Å². The van der Waals surface area contributed by atoms with E-state index in [4.69, 9.17) is 9.47 Å². The first-order valence-corrected chi connectivity index (χ1v) is 26.4. The number of hydrogen-bond acceptors (Lipinski definition) is 4. The highest BCUT2D eigenvalue weighted by molar-refractivity contribution is 5.91. The zero-order valence-corrected chi connectivity index (χ0v) is 40.3. The SMILES string of the molecule is CC(C)CCCC(C)C1CCC2C3CC=C4CC(OC(=O)CC(=O)OC5CCC6(C)C(=CCC7C6CCC6(C(C)CCCC(C)C)CCCC76)C5)CCC4(C)C3CCC12C. The van der Waals surface area contributed by atoms with E-state index in [0.717, 1.165) is 104 Å². The summed E-state index contributed by atoms with van der Waals surface area (Å²) in [5.41, 5.74) is 4.60. The van der Waals surface area contributed by atoms with Crippen molar-refractivity contribution in [2.75, 3.05) is 0 Å². The van der Waals surface area contributed by atoms with E-state index in [1.165, 1.54) is 115 Å². The van der Waals surface area contributed by atoms with Crippen molar-refractivity contribution in [1.29, 1.82) is 0 Å². The maximum Gasteiger partial charge on any atom is 0.317 e. The van der Waals surface area contributed by atoms with Crippen LogP contribution in [-0.4, -0.2) is 24.1 Å². The zero-order chi connectivity index (χ0) is 42.6. The molecule has 15 atom stereocenters. The molecule has 0 N–H and O–H groups in total. The fourth-order valence-electron chi connectivity index (χ4n) is 17.7. The second kappa shape index (κ2) is 17.8. The molecule has 0 aromatic heterocycles. The van der Waals surface area contributed by atoms with E-state index < -0.39 is 11.9 Å². The Hall–Kier alpha value is -1.58. The minimum Gasteiger partial charge on any atom is -0.462 e. The summed E-state index contributed by atoms with van der Waals surface area (Å²) in [5, 5.41) is 0. The average Bonchev–Trinajstić information content (AvgIpc) is 3.80. The van der Waals surface area contributed by atoms with Crippen molar-refractivity contribution in [3.8, 4) is 0 Å². The monoisotopic (exact) mass is 827 g/mol. The lowest BCUT2D eigenvalue weighted by molar-refractivity contribution is -0.162. The first-order valence-electron chi connectivity index (χ1n) is 26.4. The number of fused-ring (bicyclic) bond motifs is 10. The molecule has 8 rings (SSSR count). The Balaban J connectivity index is 0.814. The van der Waals surface area contributed by atoms with Crippen LogP contribution >= 0.6 is 0 Å². The Morgan fingerprint density at radius 1 is 0.600 bits per heavy atom. The van der Waals surface area contributed by atoms with Crippen molar-refractivity contribution in [2.45, 2.75) is 229 Å².